The van der Waals surface area contributed by atoms with E-state index in [2.05, 4.69) is 20.3 Å². The molecule has 0 unspecified atom stereocenters. The molecule has 1 heterocycles. The summed E-state index contributed by atoms with van der Waals surface area (Å²) in [5.74, 6) is -0.462. The van der Waals surface area contributed by atoms with E-state index in [-0.39, 0.29) is 5.69 Å². The highest BCUT2D eigenvalue weighted by Crippen LogP contribution is 2.08. The van der Waals surface area contributed by atoms with Crippen molar-refractivity contribution in [1.29, 1.82) is 0 Å². The standard InChI is InChI=1S/C14H14N4O3/c1-21-14(20)11-6-7-12(18-17-11)16-8-9-2-4-10(5-3-9)13(15)19/h2-7H,8H2,1H3,(H2,15,19)(H,16,18). The van der Waals surface area contributed by atoms with E-state index in [0.29, 0.717) is 17.9 Å². The van der Waals surface area contributed by atoms with Gasteiger partial charge in [-0.25, -0.2) is 4.79 Å². The third kappa shape index (κ3) is 3.75. The largest absolute Gasteiger partial charge is 0.464 e. The first-order valence-electron chi connectivity index (χ1n) is 6.15. The maximum absolute atomic E-state index is 11.2. The number of esters is 1. The van der Waals surface area contributed by atoms with Crippen LogP contribution in [0.2, 0.25) is 0 Å². The molecule has 7 heteroatoms. The summed E-state index contributed by atoms with van der Waals surface area (Å²) < 4.78 is 4.54. The second kappa shape index (κ2) is 6.47. The summed E-state index contributed by atoms with van der Waals surface area (Å²) in [6, 6.07) is 10.1. The molecular formula is C14H14N4O3. The van der Waals surface area contributed by atoms with Crippen LogP contribution in [0.1, 0.15) is 26.4 Å². The van der Waals surface area contributed by atoms with Gasteiger partial charge in [-0.3, -0.25) is 4.79 Å². The van der Waals surface area contributed by atoms with Crippen molar-refractivity contribution < 1.29 is 14.3 Å². The summed E-state index contributed by atoms with van der Waals surface area (Å²) in [7, 11) is 1.28. The molecule has 1 aromatic carbocycles. The summed E-state index contributed by atoms with van der Waals surface area (Å²) in [5.41, 5.74) is 6.73. The summed E-state index contributed by atoms with van der Waals surface area (Å²) >= 11 is 0. The number of nitrogens with zero attached hydrogens (tertiary/aromatic N) is 2. The van der Waals surface area contributed by atoms with Gasteiger partial charge in [0.25, 0.3) is 0 Å². The maximum Gasteiger partial charge on any atom is 0.358 e. The van der Waals surface area contributed by atoms with Crippen LogP contribution in [0.3, 0.4) is 0 Å². The minimum absolute atomic E-state index is 0.147. The predicted molar refractivity (Wildman–Crippen MR) is 75.7 cm³/mol. The van der Waals surface area contributed by atoms with Gasteiger partial charge in [-0.15, -0.1) is 10.2 Å². The van der Waals surface area contributed by atoms with Crippen molar-refractivity contribution in [3.05, 3.63) is 53.2 Å². The Morgan fingerprint density at radius 3 is 2.38 bits per heavy atom. The summed E-state index contributed by atoms with van der Waals surface area (Å²) in [6.45, 7) is 0.505. The van der Waals surface area contributed by atoms with E-state index in [1.165, 1.54) is 13.2 Å². The number of benzene rings is 1. The number of nitrogens with one attached hydrogen (secondary N) is 1. The number of rotatable bonds is 5. The minimum Gasteiger partial charge on any atom is -0.464 e. The molecule has 0 bridgehead atoms. The topological polar surface area (TPSA) is 107 Å². The second-order valence-corrected chi connectivity index (χ2v) is 4.21. The SMILES string of the molecule is COC(=O)c1ccc(NCc2ccc(C(N)=O)cc2)nn1. The van der Waals surface area contributed by atoms with Gasteiger partial charge >= 0.3 is 5.97 Å². The van der Waals surface area contributed by atoms with Gasteiger partial charge in [0, 0.05) is 12.1 Å². The number of hydrogen-bond acceptors (Lipinski definition) is 6. The molecule has 0 radical (unpaired) electrons. The molecule has 2 aromatic rings. The fourth-order valence-corrected chi connectivity index (χ4v) is 1.62. The summed E-state index contributed by atoms with van der Waals surface area (Å²) in [6.07, 6.45) is 0. The smallest absolute Gasteiger partial charge is 0.358 e. The lowest BCUT2D eigenvalue weighted by Gasteiger charge is -2.06. The lowest BCUT2D eigenvalue weighted by Crippen LogP contribution is -2.11. The Bertz CT molecular complexity index is 638. The normalized spacial score (nSPS) is 9.95. The first-order valence-corrected chi connectivity index (χ1v) is 6.15. The zero-order chi connectivity index (χ0) is 15.2. The minimum atomic E-state index is -0.531. The Kier molecular flexibility index (Phi) is 4.45. The van der Waals surface area contributed by atoms with Gasteiger partial charge in [-0.1, -0.05) is 12.1 Å². The quantitative estimate of drug-likeness (QED) is 0.793. The molecule has 21 heavy (non-hydrogen) atoms. The maximum atomic E-state index is 11.2. The van der Waals surface area contributed by atoms with Gasteiger partial charge < -0.3 is 15.8 Å². The van der Waals surface area contributed by atoms with E-state index in [9.17, 15) is 9.59 Å². The first-order chi connectivity index (χ1) is 10.1. The van der Waals surface area contributed by atoms with E-state index in [1.807, 2.05) is 0 Å². The van der Waals surface area contributed by atoms with Crippen molar-refractivity contribution in [2.45, 2.75) is 6.54 Å². The van der Waals surface area contributed by atoms with Crippen molar-refractivity contribution in [1.82, 2.24) is 10.2 Å². The van der Waals surface area contributed by atoms with Crippen LogP contribution in [-0.2, 0) is 11.3 Å². The number of amides is 1. The Morgan fingerprint density at radius 2 is 1.86 bits per heavy atom. The van der Waals surface area contributed by atoms with Crippen LogP contribution in [0.4, 0.5) is 5.82 Å². The van der Waals surface area contributed by atoms with Gasteiger partial charge in [0.05, 0.1) is 7.11 Å². The number of nitrogens with two attached hydrogens (primary N) is 1. The zero-order valence-electron chi connectivity index (χ0n) is 11.4. The van der Waals surface area contributed by atoms with Gasteiger partial charge in [0.15, 0.2) is 5.69 Å². The van der Waals surface area contributed by atoms with Crippen LogP contribution in [-0.4, -0.2) is 29.2 Å². The van der Waals surface area contributed by atoms with Crippen LogP contribution in [0.25, 0.3) is 0 Å². The monoisotopic (exact) mass is 286 g/mol. The third-order valence-electron chi connectivity index (χ3n) is 2.77. The van der Waals surface area contributed by atoms with Gasteiger partial charge in [0.2, 0.25) is 5.91 Å². The average molecular weight is 286 g/mol. The van der Waals surface area contributed by atoms with Crippen LogP contribution < -0.4 is 11.1 Å². The van der Waals surface area contributed by atoms with Crippen LogP contribution in [0.15, 0.2) is 36.4 Å². The van der Waals surface area contributed by atoms with Crippen molar-refractivity contribution in [3.8, 4) is 0 Å². The van der Waals surface area contributed by atoms with Gasteiger partial charge in [-0.05, 0) is 29.8 Å². The molecule has 1 aromatic heterocycles. The molecule has 0 aliphatic rings. The fraction of sp³-hybridized carbons (Fsp3) is 0.143. The summed E-state index contributed by atoms with van der Waals surface area (Å²) in [5, 5.41) is 10.7. The molecule has 0 saturated carbocycles. The van der Waals surface area contributed by atoms with Crippen molar-refractivity contribution >= 4 is 17.7 Å². The highest BCUT2D eigenvalue weighted by molar-refractivity contribution is 5.92. The molecule has 0 atom stereocenters. The molecule has 0 saturated heterocycles. The predicted octanol–water partition coefficient (Wildman–Crippen LogP) is 0.974. The van der Waals surface area contributed by atoms with Gasteiger partial charge in [-0.2, -0.15) is 0 Å². The first kappa shape index (κ1) is 14.4. The number of aromatic nitrogens is 2. The van der Waals surface area contributed by atoms with E-state index >= 15 is 0 Å². The number of primary amides is 1. The van der Waals surface area contributed by atoms with E-state index in [1.54, 1.807) is 30.3 Å². The molecule has 2 rings (SSSR count). The second-order valence-electron chi connectivity index (χ2n) is 4.21. The zero-order valence-corrected chi connectivity index (χ0v) is 11.4. The lowest BCUT2D eigenvalue weighted by molar-refractivity contribution is 0.0592. The number of methoxy groups -OCH3 is 1. The Balaban J connectivity index is 1.96. The third-order valence-corrected chi connectivity index (χ3v) is 2.77. The molecule has 3 N–H and O–H groups in total. The Hall–Kier alpha value is -2.96. The Morgan fingerprint density at radius 1 is 1.14 bits per heavy atom. The van der Waals surface area contributed by atoms with Gasteiger partial charge in [0.1, 0.15) is 5.82 Å². The van der Waals surface area contributed by atoms with Crippen molar-refractivity contribution in [2.24, 2.45) is 5.73 Å². The average Bonchev–Trinajstić information content (AvgIpc) is 2.53. The van der Waals surface area contributed by atoms with Crippen LogP contribution in [0.5, 0.6) is 0 Å². The highest BCUT2D eigenvalue weighted by atomic mass is 16.5. The van der Waals surface area contributed by atoms with Crippen molar-refractivity contribution in [2.75, 3.05) is 12.4 Å². The number of carbonyl (C=O) groups excluding carboxylic acids is 2. The molecular weight excluding hydrogens is 272 g/mol. The molecule has 0 fully saturated rings. The lowest BCUT2D eigenvalue weighted by atomic mass is 10.1. The number of ether oxygens (including phenoxy) is 1. The molecule has 108 valence electrons. The molecule has 0 spiro atoms. The molecule has 0 aliphatic carbocycles. The summed E-state index contributed by atoms with van der Waals surface area (Å²) in [4.78, 5) is 22.2. The number of anilines is 1. The van der Waals surface area contributed by atoms with E-state index in [4.69, 9.17) is 5.73 Å². The van der Waals surface area contributed by atoms with Crippen LogP contribution in [0, 0.1) is 0 Å². The fourth-order valence-electron chi connectivity index (χ4n) is 1.62. The highest BCUT2D eigenvalue weighted by Gasteiger charge is 2.07. The number of hydrogen-bond donors (Lipinski definition) is 2. The number of carbonyl (C=O) groups is 2. The Labute approximate surface area is 121 Å². The van der Waals surface area contributed by atoms with Crippen LogP contribution >= 0.6 is 0 Å². The molecule has 7 nitrogen and oxygen atoms in total. The molecule has 0 aliphatic heterocycles. The van der Waals surface area contributed by atoms with Crippen molar-refractivity contribution in [3.63, 3.8) is 0 Å². The van der Waals surface area contributed by atoms with E-state index in [0.717, 1.165) is 5.56 Å². The molecule has 1 amide bonds. The van der Waals surface area contributed by atoms with E-state index < -0.39 is 11.9 Å².